The van der Waals surface area contributed by atoms with E-state index in [1.165, 1.54) is 0 Å². The van der Waals surface area contributed by atoms with Crippen LogP contribution in [-0.4, -0.2) is 28.2 Å². The second-order valence-corrected chi connectivity index (χ2v) is 5.62. The number of hydrogen-bond donors (Lipinski definition) is 2. The summed E-state index contributed by atoms with van der Waals surface area (Å²) in [6.45, 7) is 0.557. The van der Waals surface area contributed by atoms with E-state index in [9.17, 15) is 9.90 Å². The Hall–Kier alpha value is -1.81. The van der Waals surface area contributed by atoms with E-state index in [-0.39, 0.29) is 17.9 Å². The van der Waals surface area contributed by atoms with Gasteiger partial charge in [-0.15, -0.1) is 0 Å². The monoisotopic (exact) mass is 272 g/mol. The Morgan fingerprint density at radius 1 is 1.40 bits per heavy atom. The number of nitrogens with zero attached hydrogens (tertiary/aromatic N) is 1. The number of amides is 1. The third kappa shape index (κ3) is 2.31. The molecule has 1 heterocycles. The average molecular weight is 272 g/mol. The van der Waals surface area contributed by atoms with Gasteiger partial charge in [0, 0.05) is 30.4 Å². The van der Waals surface area contributed by atoms with Crippen molar-refractivity contribution in [3.05, 3.63) is 36.0 Å². The van der Waals surface area contributed by atoms with E-state index in [1.54, 1.807) is 0 Å². The van der Waals surface area contributed by atoms with Crippen LogP contribution in [0, 0.1) is 5.92 Å². The lowest BCUT2D eigenvalue weighted by atomic mass is 10.1. The predicted molar refractivity (Wildman–Crippen MR) is 78.6 cm³/mol. The molecule has 1 aliphatic rings. The molecule has 1 aromatic carbocycles. The molecule has 1 saturated carbocycles. The Labute approximate surface area is 118 Å². The van der Waals surface area contributed by atoms with Crippen molar-refractivity contribution >= 4 is 16.8 Å². The molecular weight excluding hydrogens is 252 g/mol. The molecule has 2 N–H and O–H groups in total. The molecule has 0 unspecified atom stereocenters. The molecule has 0 aliphatic heterocycles. The van der Waals surface area contributed by atoms with Gasteiger partial charge >= 0.3 is 0 Å². The first kappa shape index (κ1) is 13.2. The van der Waals surface area contributed by atoms with E-state index in [1.807, 2.05) is 41.9 Å². The van der Waals surface area contributed by atoms with E-state index in [0.717, 1.165) is 30.2 Å². The van der Waals surface area contributed by atoms with Gasteiger partial charge in [0.1, 0.15) is 5.69 Å². The van der Waals surface area contributed by atoms with E-state index in [0.29, 0.717) is 12.2 Å². The molecule has 3 rings (SSSR count). The molecule has 0 saturated heterocycles. The van der Waals surface area contributed by atoms with Crippen LogP contribution in [0.25, 0.3) is 10.9 Å². The number of fused-ring (bicyclic) bond motifs is 1. The summed E-state index contributed by atoms with van der Waals surface area (Å²) in [5.74, 6) is 0.136. The molecule has 1 fully saturated rings. The number of nitrogens with one attached hydrogen (secondary N) is 1. The minimum absolute atomic E-state index is 0.0669. The first-order valence-corrected chi connectivity index (χ1v) is 7.17. The quantitative estimate of drug-likeness (QED) is 0.898. The van der Waals surface area contributed by atoms with Crippen molar-refractivity contribution in [1.82, 2.24) is 9.88 Å². The SMILES string of the molecule is Cn1c(C(=O)NC[C@@H]2CCC[C@H]2O)cc2ccccc21. The summed E-state index contributed by atoms with van der Waals surface area (Å²) in [5.41, 5.74) is 1.72. The van der Waals surface area contributed by atoms with Crippen LogP contribution in [-0.2, 0) is 7.05 Å². The van der Waals surface area contributed by atoms with Crippen LogP contribution in [0.3, 0.4) is 0 Å². The summed E-state index contributed by atoms with van der Waals surface area (Å²) in [5, 5.41) is 13.8. The zero-order valence-corrected chi connectivity index (χ0v) is 11.7. The second-order valence-electron chi connectivity index (χ2n) is 5.62. The van der Waals surface area contributed by atoms with Gasteiger partial charge in [0.05, 0.1) is 6.10 Å². The largest absolute Gasteiger partial charge is 0.393 e. The van der Waals surface area contributed by atoms with Gasteiger partial charge in [-0.3, -0.25) is 4.79 Å². The number of benzene rings is 1. The summed E-state index contributed by atoms with van der Waals surface area (Å²) in [6, 6.07) is 9.87. The summed E-state index contributed by atoms with van der Waals surface area (Å²) in [7, 11) is 1.90. The van der Waals surface area contributed by atoms with Crippen molar-refractivity contribution in [1.29, 1.82) is 0 Å². The smallest absolute Gasteiger partial charge is 0.267 e. The number of rotatable bonds is 3. The number of para-hydroxylation sites is 1. The summed E-state index contributed by atoms with van der Waals surface area (Å²) in [6.07, 6.45) is 2.64. The molecule has 0 bridgehead atoms. The van der Waals surface area contributed by atoms with Crippen molar-refractivity contribution in [2.45, 2.75) is 25.4 Å². The van der Waals surface area contributed by atoms with Crippen LogP contribution in [0.5, 0.6) is 0 Å². The fraction of sp³-hybridized carbons (Fsp3) is 0.438. The Balaban J connectivity index is 1.74. The van der Waals surface area contributed by atoms with Crippen molar-refractivity contribution < 1.29 is 9.90 Å². The third-order valence-electron chi connectivity index (χ3n) is 4.33. The molecule has 1 aromatic heterocycles. The van der Waals surface area contributed by atoms with Gasteiger partial charge in [-0.05, 0) is 25.0 Å². The van der Waals surface area contributed by atoms with Gasteiger partial charge in [-0.2, -0.15) is 0 Å². The van der Waals surface area contributed by atoms with Crippen LogP contribution < -0.4 is 5.32 Å². The van der Waals surface area contributed by atoms with Gasteiger partial charge in [-0.25, -0.2) is 0 Å². The number of carbonyl (C=O) groups is 1. The van der Waals surface area contributed by atoms with Crippen molar-refractivity contribution in [2.75, 3.05) is 6.54 Å². The first-order valence-electron chi connectivity index (χ1n) is 7.17. The highest BCUT2D eigenvalue weighted by Gasteiger charge is 2.25. The molecule has 106 valence electrons. The van der Waals surface area contributed by atoms with Gasteiger partial charge in [-0.1, -0.05) is 24.6 Å². The summed E-state index contributed by atoms with van der Waals surface area (Å²) >= 11 is 0. The minimum Gasteiger partial charge on any atom is -0.393 e. The molecule has 1 amide bonds. The zero-order chi connectivity index (χ0) is 14.1. The normalized spacial score (nSPS) is 22.3. The van der Waals surface area contributed by atoms with Crippen LogP contribution in [0.15, 0.2) is 30.3 Å². The topological polar surface area (TPSA) is 54.3 Å². The highest BCUT2D eigenvalue weighted by atomic mass is 16.3. The van der Waals surface area contributed by atoms with Gasteiger partial charge in [0.2, 0.25) is 0 Å². The molecule has 20 heavy (non-hydrogen) atoms. The lowest BCUT2D eigenvalue weighted by Crippen LogP contribution is -2.33. The van der Waals surface area contributed by atoms with Crippen molar-refractivity contribution in [2.24, 2.45) is 13.0 Å². The molecule has 4 heteroatoms. The first-order chi connectivity index (χ1) is 9.66. The number of aryl methyl sites for hydroxylation is 1. The van der Waals surface area contributed by atoms with E-state index >= 15 is 0 Å². The lowest BCUT2D eigenvalue weighted by molar-refractivity contribution is 0.0909. The van der Waals surface area contributed by atoms with Crippen LogP contribution >= 0.6 is 0 Å². The summed E-state index contributed by atoms with van der Waals surface area (Å²) in [4.78, 5) is 12.3. The number of carbonyl (C=O) groups excluding carboxylic acids is 1. The van der Waals surface area contributed by atoms with E-state index < -0.39 is 0 Å². The number of aromatic nitrogens is 1. The molecule has 2 atom stereocenters. The standard InChI is InChI=1S/C16H20N2O2/c1-18-13-7-3-2-5-11(13)9-14(18)16(20)17-10-12-6-4-8-15(12)19/h2-3,5,7,9,12,15,19H,4,6,8,10H2,1H3,(H,17,20)/t12-,15+/m0/s1. The van der Waals surface area contributed by atoms with Crippen LogP contribution in [0.4, 0.5) is 0 Å². The third-order valence-corrected chi connectivity index (χ3v) is 4.33. The highest BCUT2D eigenvalue weighted by molar-refractivity contribution is 5.98. The number of aliphatic hydroxyl groups is 1. The van der Waals surface area contributed by atoms with Crippen molar-refractivity contribution in [3.63, 3.8) is 0 Å². The van der Waals surface area contributed by atoms with Gasteiger partial charge in [0.15, 0.2) is 0 Å². The molecule has 0 spiro atoms. The maximum Gasteiger partial charge on any atom is 0.267 e. The number of hydrogen-bond acceptors (Lipinski definition) is 2. The fourth-order valence-corrected chi connectivity index (χ4v) is 3.08. The van der Waals surface area contributed by atoms with Gasteiger partial charge < -0.3 is 15.0 Å². The Kier molecular flexibility index (Phi) is 3.49. The lowest BCUT2D eigenvalue weighted by Gasteiger charge is -2.15. The molecule has 2 aromatic rings. The second kappa shape index (κ2) is 5.29. The van der Waals surface area contributed by atoms with E-state index in [4.69, 9.17) is 0 Å². The Morgan fingerprint density at radius 3 is 2.90 bits per heavy atom. The molecule has 0 radical (unpaired) electrons. The van der Waals surface area contributed by atoms with Crippen LogP contribution in [0.2, 0.25) is 0 Å². The minimum atomic E-state index is -0.261. The molecular formula is C16H20N2O2. The van der Waals surface area contributed by atoms with Gasteiger partial charge in [0.25, 0.3) is 5.91 Å². The predicted octanol–water partition coefficient (Wildman–Crippen LogP) is 2.07. The molecule has 4 nitrogen and oxygen atoms in total. The van der Waals surface area contributed by atoms with Crippen LogP contribution in [0.1, 0.15) is 29.8 Å². The zero-order valence-electron chi connectivity index (χ0n) is 11.7. The average Bonchev–Trinajstić information content (AvgIpc) is 3.01. The van der Waals surface area contributed by atoms with E-state index in [2.05, 4.69) is 5.32 Å². The van der Waals surface area contributed by atoms with Crippen molar-refractivity contribution in [3.8, 4) is 0 Å². The Morgan fingerprint density at radius 2 is 2.20 bits per heavy atom. The fourth-order valence-electron chi connectivity index (χ4n) is 3.08. The Bertz CT molecular complexity index is 632. The maximum atomic E-state index is 12.3. The summed E-state index contributed by atoms with van der Waals surface area (Å²) < 4.78 is 1.91. The number of aliphatic hydroxyl groups excluding tert-OH is 1. The molecule has 1 aliphatic carbocycles. The maximum absolute atomic E-state index is 12.3. The highest BCUT2D eigenvalue weighted by Crippen LogP contribution is 2.25.